The van der Waals surface area contributed by atoms with E-state index in [2.05, 4.69) is 13.8 Å². The average molecular weight is 317 g/mol. The summed E-state index contributed by atoms with van der Waals surface area (Å²) < 4.78 is 0. The molecule has 0 bridgehead atoms. The third-order valence-electron chi connectivity index (χ3n) is 7.99. The summed E-state index contributed by atoms with van der Waals surface area (Å²) in [5, 5.41) is 9.62. The number of carbonyl (C=O) groups is 2. The molecule has 0 unspecified atom stereocenters. The number of carboxylic acid groups (broad SMARTS) is 1. The fourth-order valence-electron chi connectivity index (χ4n) is 6.61. The molecule has 126 valence electrons. The third-order valence-corrected chi connectivity index (χ3v) is 7.99. The highest BCUT2D eigenvalue weighted by Gasteiger charge is 2.60. The zero-order valence-corrected chi connectivity index (χ0v) is 14.2. The van der Waals surface area contributed by atoms with E-state index in [1.54, 1.807) is 0 Å². The number of rotatable bonds is 1. The van der Waals surface area contributed by atoms with Gasteiger partial charge in [-0.3, -0.25) is 14.6 Å². The summed E-state index contributed by atoms with van der Waals surface area (Å²) in [6.45, 7) is 5.35. The number of aliphatic imine (C=N–C) groups is 1. The van der Waals surface area contributed by atoms with E-state index in [1.165, 1.54) is 0 Å². The number of ketones is 1. The van der Waals surface area contributed by atoms with Gasteiger partial charge in [0, 0.05) is 30.5 Å². The molecule has 0 aromatic heterocycles. The normalized spacial score (nSPS) is 49.0. The van der Waals surface area contributed by atoms with Crippen molar-refractivity contribution < 1.29 is 14.7 Å². The Bertz CT molecular complexity index is 597. The minimum atomic E-state index is -0.608. The first-order valence-electron chi connectivity index (χ1n) is 9.14. The molecule has 0 spiro atoms. The number of carboxylic acids is 1. The highest BCUT2D eigenvalue weighted by atomic mass is 16.4. The molecule has 1 N–H and O–H groups in total. The van der Waals surface area contributed by atoms with E-state index in [0.717, 1.165) is 44.4 Å². The summed E-state index contributed by atoms with van der Waals surface area (Å²) in [6, 6.07) is 0. The fraction of sp³-hybridized carbons (Fsp3) is 0.842. The predicted molar refractivity (Wildman–Crippen MR) is 87.4 cm³/mol. The molecule has 1 heterocycles. The molecule has 0 amide bonds. The van der Waals surface area contributed by atoms with Crippen molar-refractivity contribution in [2.24, 2.45) is 39.5 Å². The second-order valence-electron chi connectivity index (χ2n) is 8.81. The van der Waals surface area contributed by atoms with Crippen molar-refractivity contribution >= 4 is 17.5 Å². The molecular weight excluding hydrogens is 290 g/mol. The first-order chi connectivity index (χ1) is 10.9. The molecule has 4 rings (SSSR count). The van der Waals surface area contributed by atoms with Crippen LogP contribution in [0.3, 0.4) is 0 Å². The van der Waals surface area contributed by atoms with Crippen LogP contribution in [-0.2, 0) is 9.59 Å². The van der Waals surface area contributed by atoms with Crippen LogP contribution in [-0.4, -0.2) is 29.1 Å². The highest BCUT2D eigenvalue weighted by Crippen LogP contribution is 2.63. The Labute approximate surface area is 137 Å². The van der Waals surface area contributed by atoms with Crippen LogP contribution < -0.4 is 0 Å². The van der Waals surface area contributed by atoms with E-state index in [9.17, 15) is 14.7 Å². The van der Waals surface area contributed by atoms with Crippen LogP contribution in [0.4, 0.5) is 0 Å². The molecular formula is C19H27NO3. The van der Waals surface area contributed by atoms with Gasteiger partial charge in [-0.25, -0.2) is 0 Å². The van der Waals surface area contributed by atoms with Gasteiger partial charge in [0.1, 0.15) is 5.78 Å². The van der Waals surface area contributed by atoms with Crippen molar-refractivity contribution in [3.63, 3.8) is 0 Å². The molecule has 4 nitrogen and oxygen atoms in total. The summed E-state index contributed by atoms with van der Waals surface area (Å²) in [5.74, 6) is 1.14. The lowest BCUT2D eigenvalue weighted by molar-refractivity contribution is -0.148. The summed E-state index contributed by atoms with van der Waals surface area (Å²) in [7, 11) is 0. The van der Waals surface area contributed by atoms with E-state index in [4.69, 9.17) is 4.99 Å². The number of aliphatic carboxylic acids is 1. The average Bonchev–Trinajstić information content (AvgIpc) is 2.85. The molecule has 0 radical (unpaired) electrons. The molecule has 4 aliphatic rings. The lowest BCUT2D eigenvalue weighted by Gasteiger charge is -2.56. The van der Waals surface area contributed by atoms with Crippen LogP contribution in [0.1, 0.15) is 58.8 Å². The van der Waals surface area contributed by atoms with Crippen LogP contribution in [0.25, 0.3) is 0 Å². The van der Waals surface area contributed by atoms with E-state index in [0.29, 0.717) is 36.4 Å². The first-order valence-corrected chi connectivity index (χ1v) is 9.14. The molecule has 0 aromatic carbocycles. The van der Waals surface area contributed by atoms with E-state index in [-0.39, 0.29) is 16.7 Å². The monoisotopic (exact) mass is 317 g/mol. The Balaban J connectivity index is 1.67. The Hall–Kier alpha value is -1.19. The van der Waals surface area contributed by atoms with Crippen LogP contribution >= 0.6 is 0 Å². The second kappa shape index (κ2) is 4.90. The van der Waals surface area contributed by atoms with Gasteiger partial charge in [0.25, 0.3) is 0 Å². The minimum absolute atomic E-state index is 0.0547. The topological polar surface area (TPSA) is 66.7 Å². The Morgan fingerprint density at radius 3 is 2.70 bits per heavy atom. The molecule has 3 fully saturated rings. The molecule has 1 aliphatic heterocycles. The van der Waals surface area contributed by atoms with Gasteiger partial charge in [-0.15, -0.1) is 0 Å². The van der Waals surface area contributed by atoms with Gasteiger partial charge < -0.3 is 5.11 Å². The summed E-state index contributed by atoms with van der Waals surface area (Å²) in [6.07, 6.45) is 6.17. The number of nitrogens with zero attached hydrogens (tertiary/aromatic N) is 1. The number of hydrogen-bond acceptors (Lipinski definition) is 3. The van der Waals surface area contributed by atoms with Gasteiger partial charge in [0.15, 0.2) is 0 Å². The maximum Gasteiger partial charge on any atom is 0.307 e. The van der Waals surface area contributed by atoms with Crippen molar-refractivity contribution in [3.05, 3.63) is 0 Å². The minimum Gasteiger partial charge on any atom is -0.481 e. The Morgan fingerprint density at radius 1 is 1.17 bits per heavy atom. The molecule has 4 heteroatoms. The number of hydrogen-bond donors (Lipinski definition) is 1. The van der Waals surface area contributed by atoms with E-state index >= 15 is 0 Å². The van der Waals surface area contributed by atoms with Crippen molar-refractivity contribution in [3.8, 4) is 0 Å². The van der Waals surface area contributed by atoms with Crippen LogP contribution in [0, 0.1) is 34.5 Å². The van der Waals surface area contributed by atoms with Crippen LogP contribution in [0.5, 0.6) is 0 Å². The van der Waals surface area contributed by atoms with Crippen molar-refractivity contribution in [1.29, 1.82) is 0 Å². The number of fused-ring (bicyclic) bond motifs is 5. The molecule has 6 atom stereocenters. The fourth-order valence-corrected chi connectivity index (χ4v) is 6.61. The van der Waals surface area contributed by atoms with Gasteiger partial charge in [0.05, 0.1) is 5.92 Å². The summed E-state index contributed by atoms with van der Waals surface area (Å²) in [5.41, 5.74) is 1.17. The van der Waals surface area contributed by atoms with Gasteiger partial charge >= 0.3 is 5.97 Å². The van der Waals surface area contributed by atoms with E-state index < -0.39 is 5.97 Å². The lowest BCUT2D eigenvalue weighted by Crippen LogP contribution is -2.54. The lowest BCUT2D eigenvalue weighted by atomic mass is 9.49. The molecule has 0 aromatic rings. The number of carbonyl (C=O) groups excluding carboxylic acids is 1. The van der Waals surface area contributed by atoms with Gasteiger partial charge in [-0.1, -0.05) is 13.8 Å². The first kappa shape index (κ1) is 15.3. The zero-order valence-electron chi connectivity index (χ0n) is 14.2. The number of Topliss-reactive ketones (excluding diaryl/α,β-unsaturated/α-hetero) is 1. The Kier molecular flexibility index (Phi) is 3.27. The van der Waals surface area contributed by atoms with Crippen molar-refractivity contribution in [2.45, 2.75) is 58.8 Å². The Morgan fingerprint density at radius 2 is 1.96 bits per heavy atom. The SMILES string of the molecule is C[C@]12CC[C@H]3[C@@H](CN=C4CC(=O)CC[C@@]43C)[C@@H]1CC[C@@H]2C(=O)O. The van der Waals surface area contributed by atoms with Gasteiger partial charge in [-0.2, -0.15) is 0 Å². The zero-order chi connectivity index (χ0) is 16.4. The maximum atomic E-state index is 11.8. The van der Waals surface area contributed by atoms with Crippen LogP contribution in [0.15, 0.2) is 4.99 Å². The summed E-state index contributed by atoms with van der Waals surface area (Å²) >= 11 is 0. The maximum absolute atomic E-state index is 11.8. The smallest absolute Gasteiger partial charge is 0.307 e. The summed E-state index contributed by atoms with van der Waals surface area (Å²) in [4.78, 5) is 28.4. The van der Waals surface area contributed by atoms with Gasteiger partial charge in [0.2, 0.25) is 0 Å². The second-order valence-corrected chi connectivity index (χ2v) is 8.81. The molecule has 0 saturated heterocycles. The third kappa shape index (κ3) is 1.99. The van der Waals surface area contributed by atoms with Crippen molar-refractivity contribution in [2.75, 3.05) is 6.54 Å². The van der Waals surface area contributed by atoms with Crippen molar-refractivity contribution in [1.82, 2.24) is 0 Å². The highest BCUT2D eigenvalue weighted by molar-refractivity contribution is 6.07. The van der Waals surface area contributed by atoms with E-state index in [1.807, 2.05) is 0 Å². The largest absolute Gasteiger partial charge is 0.481 e. The molecule has 3 aliphatic carbocycles. The van der Waals surface area contributed by atoms with Gasteiger partial charge in [-0.05, 0) is 55.3 Å². The standard InChI is InChI=1S/C19H27NO3/c1-18-8-6-14-12(13(18)3-4-15(18)17(22)23)10-20-16-9-11(21)5-7-19(14,16)2/h12-15H,3-10H2,1-2H3,(H,22,23)/t12-,13-,14-,15+,18-,19+/m0/s1. The molecule has 23 heavy (non-hydrogen) atoms. The quantitative estimate of drug-likeness (QED) is 0.806. The van der Waals surface area contributed by atoms with Crippen LogP contribution in [0.2, 0.25) is 0 Å². The predicted octanol–water partition coefficient (Wildman–Crippen LogP) is 3.34. The molecule has 3 saturated carbocycles.